The predicted molar refractivity (Wildman–Crippen MR) is 223 cm³/mol. The number of aromatic amines is 6. The number of carbonyl (C=O) groups excluding carboxylic acids is 5. The fraction of sp³-hybridized carbons (Fsp3) is 0.342. The second-order valence-corrected chi connectivity index (χ2v) is 14.7. The largest absolute Gasteiger partial charge is 0.490 e. The number of imidazole rings is 6. The van der Waals surface area contributed by atoms with E-state index in [4.69, 9.17) is 15.6 Å². The van der Waals surface area contributed by atoms with Gasteiger partial charge in [-0.2, -0.15) is 13.2 Å². The molecule has 6 aromatic rings. The van der Waals surface area contributed by atoms with Crippen LogP contribution in [0.2, 0.25) is 0 Å². The Balaban J connectivity index is 0.00000114. The van der Waals surface area contributed by atoms with Crippen molar-refractivity contribution in [2.45, 2.75) is 81.0 Å². The Morgan fingerprint density at radius 3 is 0.882 bits per heavy atom. The zero-order valence-corrected chi connectivity index (χ0v) is 35.3. The highest BCUT2D eigenvalue weighted by atomic mass is 19.4. The van der Waals surface area contributed by atoms with E-state index in [1.165, 1.54) is 75.1 Å². The highest BCUT2D eigenvalue weighted by Crippen LogP contribution is 2.13. The van der Waals surface area contributed by atoms with Crippen LogP contribution in [0, 0.1) is 0 Å². The van der Waals surface area contributed by atoms with Crippen molar-refractivity contribution in [1.29, 1.82) is 0 Å². The first-order chi connectivity index (χ1) is 32.4. The van der Waals surface area contributed by atoms with Crippen molar-refractivity contribution >= 4 is 41.5 Å². The summed E-state index contributed by atoms with van der Waals surface area (Å²) in [6.07, 6.45) is 11.5. The molecule has 6 aromatic heterocycles. The van der Waals surface area contributed by atoms with E-state index in [1.807, 2.05) is 0 Å². The van der Waals surface area contributed by atoms with Gasteiger partial charge < -0.3 is 72.4 Å². The minimum absolute atomic E-state index is 0.0536. The van der Waals surface area contributed by atoms with E-state index in [-0.39, 0.29) is 38.5 Å². The van der Waals surface area contributed by atoms with Crippen LogP contribution in [0.25, 0.3) is 0 Å². The second-order valence-electron chi connectivity index (χ2n) is 14.7. The Kier molecular flexibility index (Phi) is 17.8. The Hall–Kier alpha value is -8.70. The second kappa shape index (κ2) is 24.0. The molecule has 0 saturated heterocycles. The lowest BCUT2D eigenvalue weighted by Crippen LogP contribution is -2.60. The third-order valence-corrected chi connectivity index (χ3v) is 9.61. The van der Waals surface area contributed by atoms with E-state index in [0.717, 1.165) is 0 Å². The number of nitrogens with one attached hydrogen (secondary N) is 11. The van der Waals surface area contributed by atoms with Gasteiger partial charge in [0, 0.05) is 110 Å². The van der Waals surface area contributed by atoms with Crippen LogP contribution in [0.5, 0.6) is 0 Å². The molecule has 0 aliphatic rings. The van der Waals surface area contributed by atoms with E-state index < -0.39 is 83.9 Å². The van der Waals surface area contributed by atoms with Gasteiger partial charge >= 0.3 is 18.1 Å². The van der Waals surface area contributed by atoms with Gasteiger partial charge in [0.1, 0.15) is 30.2 Å². The summed E-state index contributed by atoms with van der Waals surface area (Å²) in [5.41, 5.74) is 9.05. The van der Waals surface area contributed by atoms with Crippen molar-refractivity contribution in [3.05, 3.63) is 109 Å². The molecule has 0 fully saturated rings. The Bertz CT molecular complexity index is 2500. The molecule has 68 heavy (non-hydrogen) atoms. The molecule has 0 saturated carbocycles. The van der Waals surface area contributed by atoms with E-state index in [2.05, 4.69) is 86.4 Å². The molecule has 362 valence electrons. The van der Waals surface area contributed by atoms with Crippen LogP contribution in [0.1, 0.15) is 34.2 Å². The fourth-order valence-corrected chi connectivity index (χ4v) is 6.21. The number of hydrogen-bond donors (Lipinski definition) is 14. The van der Waals surface area contributed by atoms with Crippen molar-refractivity contribution in [3.8, 4) is 0 Å². The maximum absolute atomic E-state index is 14.3. The van der Waals surface area contributed by atoms with E-state index in [0.29, 0.717) is 34.2 Å². The smallest absolute Gasteiger partial charge is 0.480 e. The lowest BCUT2D eigenvalue weighted by molar-refractivity contribution is -0.192. The molecule has 6 rings (SSSR count). The number of hydrogen-bond acceptors (Lipinski definition) is 14. The van der Waals surface area contributed by atoms with Crippen molar-refractivity contribution in [3.63, 3.8) is 0 Å². The number of nitrogens with two attached hydrogens (primary N) is 1. The monoisotopic (exact) mass is 954 g/mol. The normalized spacial score (nSPS) is 13.8. The summed E-state index contributed by atoms with van der Waals surface area (Å²) in [4.78, 5) is 132. The molecule has 0 bridgehead atoms. The minimum atomic E-state index is -5.08. The van der Waals surface area contributed by atoms with Gasteiger partial charge in [-0.1, -0.05) is 0 Å². The van der Waals surface area contributed by atoms with E-state index in [9.17, 15) is 47.0 Å². The Morgan fingerprint density at radius 2 is 0.662 bits per heavy atom. The molecular weight excluding hydrogens is 910 g/mol. The molecule has 5 amide bonds. The molecular formula is C38H45F3N18O9. The number of rotatable bonds is 23. The van der Waals surface area contributed by atoms with E-state index in [1.54, 1.807) is 0 Å². The van der Waals surface area contributed by atoms with Crippen LogP contribution in [0.4, 0.5) is 13.2 Å². The number of halogens is 3. The maximum atomic E-state index is 14.3. The summed E-state index contributed by atoms with van der Waals surface area (Å²) in [5.74, 6) is -7.97. The van der Waals surface area contributed by atoms with Crippen LogP contribution in [0.3, 0.4) is 0 Å². The average Bonchev–Trinajstić information content (AvgIpc) is 4.14. The summed E-state index contributed by atoms with van der Waals surface area (Å²) in [6.45, 7) is 0. The molecule has 27 nitrogen and oxygen atoms in total. The third kappa shape index (κ3) is 15.8. The highest BCUT2D eigenvalue weighted by molar-refractivity contribution is 5.96. The number of carbonyl (C=O) groups is 7. The van der Waals surface area contributed by atoms with Gasteiger partial charge in [0.25, 0.3) is 0 Å². The van der Waals surface area contributed by atoms with Crippen LogP contribution in [-0.4, -0.2) is 154 Å². The minimum Gasteiger partial charge on any atom is -0.480 e. The number of aliphatic carboxylic acids is 2. The number of carboxylic acid groups (broad SMARTS) is 2. The fourth-order valence-electron chi connectivity index (χ4n) is 6.21. The zero-order chi connectivity index (χ0) is 49.2. The van der Waals surface area contributed by atoms with Gasteiger partial charge in [-0.3, -0.25) is 24.0 Å². The molecule has 15 N–H and O–H groups in total. The van der Waals surface area contributed by atoms with Gasteiger partial charge in [0.05, 0.1) is 44.0 Å². The molecule has 0 aliphatic carbocycles. The number of nitrogens with zero attached hydrogens (tertiary/aromatic N) is 6. The molecule has 30 heteroatoms. The number of alkyl halides is 3. The van der Waals surface area contributed by atoms with Gasteiger partial charge in [0.2, 0.25) is 29.5 Å². The lowest BCUT2D eigenvalue weighted by Gasteiger charge is -2.27. The van der Waals surface area contributed by atoms with Crippen molar-refractivity contribution in [2.24, 2.45) is 5.73 Å². The summed E-state index contributed by atoms with van der Waals surface area (Å²) in [6, 6.07) is -7.79. The van der Waals surface area contributed by atoms with Gasteiger partial charge in [-0.25, -0.2) is 39.5 Å². The summed E-state index contributed by atoms with van der Waals surface area (Å²) < 4.78 is 31.7. The topological polar surface area (TPSA) is 418 Å². The zero-order valence-electron chi connectivity index (χ0n) is 35.3. The lowest BCUT2D eigenvalue weighted by atomic mass is 10.0. The van der Waals surface area contributed by atoms with E-state index >= 15 is 0 Å². The molecule has 6 heterocycles. The van der Waals surface area contributed by atoms with Gasteiger partial charge in [-0.15, -0.1) is 0 Å². The molecule has 0 aliphatic heterocycles. The predicted octanol–water partition coefficient (Wildman–Crippen LogP) is -2.75. The van der Waals surface area contributed by atoms with Gasteiger partial charge in [-0.05, 0) is 0 Å². The van der Waals surface area contributed by atoms with Crippen molar-refractivity contribution in [2.75, 3.05) is 0 Å². The Morgan fingerprint density at radius 1 is 0.441 bits per heavy atom. The highest BCUT2D eigenvalue weighted by Gasteiger charge is 2.38. The van der Waals surface area contributed by atoms with Crippen molar-refractivity contribution < 1.29 is 56.9 Å². The Labute approximate surface area is 380 Å². The van der Waals surface area contributed by atoms with Crippen molar-refractivity contribution in [1.82, 2.24) is 86.4 Å². The van der Waals surface area contributed by atoms with Crippen LogP contribution in [0.15, 0.2) is 75.1 Å². The molecule has 0 spiro atoms. The first-order valence-electron chi connectivity index (χ1n) is 20.1. The van der Waals surface area contributed by atoms with Gasteiger partial charge in [0.15, 0.2) is 0 Å². The summed E-state index contributed by atoms with van der Waals surface area (Å²) in [5, 5.41) is 30.2. The first kappa shape index (κ1) is 50.3. The maximum Gasteiger partial charge on any atom is 0.490 e. The number of H-pyrrole nitrogens is 6. The molecule has 0 radical (unpaired) electrons. The number of carboxylic acids is 2. The van der Waals surface area contributed by atoms with Crippen LogP contribution < -0.4 is 32.3 Å². The quantitative estimate of drug-likeness (QED) is 0.0310. The molecule has 0 aromatic carbocycles. The van der Waals surface area contributed by atoms with Crippen LogP contribution >= 0.6 is 0 Å². The molecule has 6 unspecified atom stereocenters. The number of amides is 5. The van der Waals surface area contributed by atoms with Crippen LogP contribution in [-0.2, 0) is 72.1 Å². The third-order valence-electron chi connectivity index (χ3n) is 9.61. The average molecular weight is 955 g/mol. The number of aromatic nitrogens is 12. The SMILES string of the molecule is NC(Cc1cnc[nH]1)C(=O)NC(Cc1cnc[nH]1)C(=O)NC(Cc1cnc[nH]1)C(=O)NC(Cc1cnc[nH]1)C(=O)NC(Cc1cnc[nH]1)C(=O)NC(Cc1cnc[nH]1)C(=O)O.O=C(O)C(F)(F)F. The standard InChI is InChI=1S/C36H44N18O7.C2HF3O2/c37-25(1-19-7-38-13-44-19)31(55)50-26(2-20-8-39-14-45-20)32(56)51-27(3-21-9-40-15-46-21)33(57)52-28(4-22-10-41-16-47-22)34(58)53-29(5-23-11-42-17-48-23)35(59)54-30(36(60)61)6-24-12-43-18-49-24;3-2(4,5)1(6)7/h7-18,25-30H,1-6,37H2,(H,38,44)(H,39,45)(H,40,46)(H,41,47)(H,42,48)(H,43,49)(H,50,55)(H,51,56)(H,52,57)(H,53,58)(H,54,59)(H,60,61);(H,6,7). The molecule has 6 atom stereocenters. The summed E-state index contributed by atoms with van der Waals surface area (Å²) in [7, 11) is 0. The first-order valence-corrected chi connectivity index (χ1v) is 20.1. The summed E-state index contributed by atoms with van der Waals surface area (Å²) >= 11 is 0.